The molecule has 0 spiro atoms. The molecule has 6 heteroatoms. The summed E-state index contributed by atoms with van der Waals surface area (Å²) >= 11 is 0. The van der Waals surface area contributed by atoms with Gasteiger partial charge in [-0.1, -0.05) is 0 Å². The molecule has 0 aliphatic carbocycles. The van der Waals surface area contributed by atoms with E-state index in [-0.39, 0.29) is 12.6 Å². The SMILES string of the molecule is CCOc1nc[c]c(C(F)(F)F)n1. The van der Waals surface area contributed by atoms with Gasteiger partial charge in [0.1, 0.15) is 0 Å². The van der Waals surface area contributed by atoms with Gasteiger partial charge in [0.15, 0.2) is 5.69 Å². The van der Waals surface area contributed by atoms with E-state index in [1.807, 2.05) is 6.07 Å². The molecule has 3 nitrogen and oxygen atoms in total. The van der Waals surface area contributed by atoms with E-state index in [0.29, 0.717) is 0 Å². The summed E-state index contributed by atoms with van der Waals surface area (Å²) in [7, 11) is 0. The summed E-state index contributed by atoms with van der Waals surface area (Å²) in [5.74, 6) is 0. The number of hydrogen-bond acceptors (Lipinski definition) is 3. The van der Waals surface area contributed by atoms with Crippen molar-refractivity contribution in [1.29, 1.82) is 0 Å². The van der Waals surface area contributed by atoms with Crippen molar-refractivity contribution in [2.24, 2.45) is 0 Å². The van der Waals surface area contributed by atoms with Crippen molar-refractivity contribution in [2.45, 2.75) is 13.1 Å². The quantitative estimate of drug-likeness (QED) is 0.713. The van der Waals surface area contributed by atoms with Gasteiger partial charge in [0, 0.05) is 12.3 Å². The average molecular weight is 191 g/mol. The van der Waals surface area contributed by atoms with E-state index < -0.39 is 11.9 Å². The van der Waals surface area contributed by atoms with Crippen LogP contribution >= 0.6 is 0 Å². The van der Waals surface area contributed by atoms with E-state index in [1.54, 1.807) is 6.92 Å². The minimum atomic E-state index is -4.51. The summed E-state index contributed by atoms with van der Waals surface area (Å²) in [4.78, 5) is 6.57. The van der Waals surface area contributed by atoms with Crippen LogP contribution in [0.5, 0.6) is 6.01 Å². The molecule has 0 aliphatic rings. The molecule has 0 saturated heterocycles. The largest absolute Gasteiger partial charge is 0.464 e. The number of alkyl halides is 3. The molecular weight excluding hydrogens is 185 g/mol. The Bertz CT molecular complexity index is 287. The lowest BCUT2D eigenvalue weighted by molar-refractivity contribution is -0.141. The first kappa shape index (κ1) is 9.76. The lowest BCUT2D eigenvalue weighted by Crippen LogP contribution is -2.10. The lowest BCUT2D eigenvalue weighted by Gasteiger charge is -2.05. The first-order valence-electron chi connectivity index (χ1n) is 3.48. The minimum Gasteiger partial charge on any atom is -0.464 e. The van der Waals surface area contributed by atoms with Crippen LogP contribution in [0.2, 0.25) is 0 Å². The third-order valence-electron chi connectivity index (χ3n) is 1.13. The fourth-order valence-corrected chi connectivity index (χ4v) is 0.649. The van der Waals surface area contributed by atoms with Crippen molar-refractivity contribution in [3.8, 4) is 6.01 Å². The topological polar surface area (TPSA) is 35.0 Å². The highest BCUT2D eigenvalue weighted by atomic mass is 19.4. The van der Waals surface area contributed by atoms with Crippen LogP contribution in [0.1, 0.15) is 12.6 Å². The van der Waals surface area contributed by atoms with Crippen molar-refractivity contribution in [2.75, 3.05) is 6.61 Å². The van der Waals surface area contributed by atoms with Crippen LogP contribution in [-0.4, -0.2) is 16.6 Å². The molecule has 0 atom stereocenters. The van der Waals surface area contributed by atoms with Crippen molar-refractivity contribution >= 4 is 0 Å². The third-order valence-corrected chi connectivity index (χ3v) is 1.13. The molecule has 1 radical (unpaired) electrons. The zero-order valence-electron chi connectivity index (χ0n) is 6.72. The monoisotopic (exact) mass is 191 g/mol. The Kier molecular flexibility index (Phi) is 2.69. The van der Waals surface area contributed by atoms with Crippen molar-refractivity contribution in [3.63, 3.8) is 0 Å². The highest BCUT2D eigenvalue weighted by Crippen LogP contribution is 2.27. The Balaban J connectivity index is 2.92. The first-order chi connectivity index (χ1) is 6.04. The fourth-order valence-electron chi connectivity index (χ4n) is 0.649. The normalized spacial score (nSPS) is 11.4. The summed E-state index contributed by atoms with van der Waals surface area (Å²) < 4.78 is 40.8. The molecule has 0 bridgehead atoms. The zero-order chi connectivity index (χ0) is 9.90. The Labute approximate surface area is 72.6 Å². The van der Waals surface area contributed by atoms with E-state index in [9.17, 15) is 13.2 Å². The first-order valence-corrected chi connectivity index (χ1v) is 3.48. The molecule has 1 aromatic heterocycles. The van der Waals surface area contributed by atoms with Crippen LogP contribution in [0.15, 0.2) is 6.20 Å². The van der Waals surface area contributed by atoms with Gasteiger partial charge in [-0.05, 0) is 6.92 Å². The molecule has 0 N–H and O–H groups in total. The minimum absolute atomic E-state index is 0.224. The molecular formula is C7H6F3N2O. The summed E-state index contributed by atoms with van der Waals surface area (Å²) in [5.41, 5.74) is -1.12. The summed E-state index contributed by atoms with van der Waals surface area (Å²) in [5, 5.41) is 0. The van der Waals surface area contributed by atoms with Crippen LogP contribution in [0, 0.1) is 6.07 Å². The summed E-state index contributed by atoms with van der Waals surface area (Å²) in [6, 6.07) is 1.60. The Hall–Kier alpha value is -1.33. The van der Waals surface area contributed by atoms with Crippen LogP contribution in [0.4, 0.5) is 13.2 Å². The maximum Gasteiger partial charge on any atom is 0.434 e. The van der Waals surface area contributed by atoms with Gasteiger partial charge in [-0.2, -0.15) is 18.2 Å². The van der Waals surface area contributed by atoms with Gasteiger partial charge in [0.2, 0.25) is 0 Å². The van der Waals surface area contributed by atoms with Crippen LogP contribution in [0.3, 0.4) is 0 Å². The van der Waals surface area contributed by atoms with Gasteiger partial charge < -0.3 is 4.74 Å². The number of ether oxygens (including phenoxy) is 1. The lowest BCUT2D eigenvalue weighted by atomic mass is 10.4. The van der Waals surface area contributed by atoms with Crippen LogP contribution in [0.25, 0.3) is 0 Å². The highest BCUT2D eigenvalue weighted by molar-refractivity contribution is 5.06. The maximum absolute atomic E-state index is 12.0. The Morgan fingerprint density at radius 2 is 2.23 bits per heavy atom. The number of halogens is 3. The maximum atomic E-state index is 12.0. The van der Waals surface area contributed by atoms with Crippen molar-refractivity contribution in [1.82, 2.24) is 9.97 Å². The summed E-state index contributed by atoms with van der Waals surface area (Å²) in [6.45, 7) is 1.86. The van der Waals surface area contributed by atoms with Crippen LogP contribution in [-0.2, 0) is 6.18 Å². The Morgan fingerprint density at radius 3 is 2.77 bits per heavy atom. The van der Waals surface area contributed by atoms with E-state index in [4.69, 9.17) is 4.74 Å². The molecule has 0 amide bonds. The zero-order valence-corrected chi connectivity index (χ0v) is 6.72. The molecule has 1 rings (SSSR count). The van der Waals surface area contributed by atoms with Gasteiger partial charge in [0.25, 0.3) is 0 Å². The average Bonchev–Trinajstić information content (AvgIpc) is 2.04. The number of aromatic nitrogens is 2. The van der Waals surface area contributed by atoms with Gasteiger partial charge in [-0.25, -0.2) is 4.98 Å². The van der Waals surface area contributed by atoms with Crippen molar-refractivity contribution < 1.29 is 17.9 Å². The van der Waals surface area contributed by atoms with Gasteiger partial charge >= 0.3 is 12.2 Å². The van der Waals surface area contributed by atoms with Crippen molar-refractivity contribution in [3.05, 3.63) is 18.0 Å². The second-order valence-corrected chi connectivity index (χ2v) is 2.08. The van der Waals surface area contributed by atoms with Crippen LogP contribution < -0.4 is 4.74 Å². The van der Waals surface area contributed by atoms with Gasteiger partial charge in [-0.15, -0.1) is 0 Å². The molecule has 0 fully saturated rings. The van der Waals surface area contributed by atoms with Gasteiger partial charge in [0.05, 0.1) is 6.61 Å². The number of nitrogens with zero attached hydrogens (tertiary/aromatic N) is 2. The summed E-state index contributed by atoms with van der Waals surface area (Å²) in [6.07, 6.45) is -3.62. The van der Waals surface area contributed by atoms with E-state index >= 15 is 0 Å². The number of rotatable bonds is 2. The smallest absolute Gasteiger partial charge is 0.434 e. The van der Waals surface area contributed by atoms with Gasteiger partial charge in [-0.3, -0.25) is 0 Å². The van der Waals surface area contributed by atoms with E-state index in [1.165, 1.54) is 0 Å². The molecule has 0 aromatic carbocycles. The van der Waals surface area contributed by atoms with E-state index in [0.717, 1.165) is 6.20 Å². The molecule has 1 aromatic rings. The second kappa shape index (κ2) is 3.59. The molecule has 1 heterocycles. The molecule has 0 saturated carbocycles. The fraction of sp³-hybridized carbons (Fsp3) is 0.429. The molecule has 13 heavy (non-hydrogen) atoms. The molecule has 71 valence electrons. The third kappa shape index (κ3) is 2.57. The molecule has 0 aliphatic heterocycles. The Morgan fingerprint density at radius 1 is 1.54 bits per heavy atom. The van der Waals surface area contributed by atoms with E-state index in [2.05, 4.69) is 9.97 Å². The predicted molar refractivity (Wildman–Crippen MR) is 37.0 cm³/mol. The number of hydrogen-bond donors (Lipinski definition) is 0. The predicted octanol–water partition coefficient (Wildman–Crippen LogP) is 1.69. The molecule has 0 unspecified atom stereocenters. The standard InChI is InChI=1S/C7H6F3N2O/c1-2-13-6-11-4-3-5(12-6)7(8,9)10/h4H,2H2,1H3. The highest BCUT2D eigenvalue weighted by Gasteiger charge is 2.33. The second-order valence-electron chi connectivity index (χ2n) is 2.08.